The van der Waals surface area contributed by atoms with Crippen LogP contribution in [0.1, 0.15) is 52.5 Å². The van der Waals surface area contributed by atoms with E-state index in [1.54, 1.807) is 12.1 Å². The first-order valence-electron chi connectivity index (χ1n) is 10.2. The minimum Gasteiger partial charge on any atom is -0.399 e. The standard InChI is InChI=1S/C21H29BF3NO4/c1-12-15(22-29-19(2,3)20(4,5)30-22)7-6-8-16(12)26-18(28)13-9-10-14(17(27)11-13)21(23,24)25/h6-8,13-14,17,27H,9-11H2,1-5H3,(H,26,28). The lowest BCUT2D eigenvalue weighted by molar-refractivity contribution is -0.211. The predicted molar refractivity (Wildman–Crippen MR) is 108 cm³/mol. The zero-order chi connectivity index (χ0) is 22.5. The topological polar surface area (TPSA) is 67.8 Å². The van der Waals surface area contributed by atoms with Gasteiger partial charge in [-0.05, 0) is 71.0 Å². The van der Waals surface area contributed by atoms with Gasteiger partial charge in [0.2, 0.25) is 5.91 Å². The zero-order valence-electron chi connectivity index (χ0n) is 18.0. The molecular weight excluding hydrogens is 398 g/mol. The fourth-order valence-electron chi connectivity index (χ4n) is 4.02. The van der Waals surface area contributed by atoms with Gasteiger partial charge >= 0.3 is 13.3 Å². The number of anilines is 1. The van der Waals surface area contributed by atoms with Gasteiger partial charge in [0.05, 0.1) is 23.2 Å². The molecule has 1 aromatic carbocycles. The van der Waals surface area contributed by atoms with Crippen LogP contribution in [0.2, 0.25) is 0 Å². The van der Waals surface area contributed by atoms with E-state index in [1.807, 2.05) is 40.7 Å². The minimum absolute atomic E-state index is 0.0863. The van der Waals surface area contributed by atoms with Gasteiger partial charge in [-0.2, -0.15) is 13.2 Å². The van der Waals surface area contributed by atoms with E-state index >= 15 is 0 Å². The number of amides is 1. The van der Waals surface area contributed by atoms with Gasteiger partial charge < -0.3 is 19.7 Å². The number of carbonyl (C=O) groups excluding carboxylic acids is 1. The Morgan fingerprint density at radius 2 is 1.77 bits per heavy atom. The lowest BCUT2D eigenvalue weighted by Gasteiger charge is -2.33. The number of hydrogen-bond acceptors (Lipinski definition) is 4. The second-order valence-electron chi connectivity index (χ2n) is 9.32. The first kappa shape index (κ1) is 23.1. The first-order chi connectivity index (χ1) is 13.7. The normalized spacial score (nSPS) is 28.4. The zero-order valence-corrected chi connectivity index (χ0v) is 18.0. The molecule has 0 radical (unpaired) electrons. The van der Waals surface area contributed by atoms with E-state index in [4.69, 9.17) is 9.31 Å². The number of alkyl halides is 3. The van der Waals surface area contributed by atoms with Crippen molar-refractivity contribution >= 4 is 24.2 Å². The molecule has 3 atom stereocenters. The summed E-state index contributed by atoms with van der Waals surface area (Å²) < 4.78 is 51.0. The second kappa shape index (κ2) is 7.84. The van der Waals surface area contributed by atoms with Gasteiger partial charge in [0.25, 0.3) is 0 Å². The van der Waals surface area contributed by atoms with Crippen molar-refractivity contribution in [1.82, 2.24) is 0 Å². The fourth-order valence-corrected chi connectivity index (χ4v) is 4.02. The van der Waals surface area contributed by atoms with Crippen LogP contribution in [0.3, 0.4) is 0 Å². The summed E-state index contributed by atoms with van der Waals surface area (Å²) in [6.45, 7) is 9.66. The SMILES string of the molecule is Cc1c(NC(=O)C2CCC(C(F)(F)F)C(O)C2)cccc1B1OC(C)(C)C(C)(C)O1. The smallest absolute Gasteiger partial charge is 0.399 e. The molecule has 2 aliphatic rings. The molecule has 3 rings (SSSR count). The van der Waals surface area contributed by atoms with Crippen molar-refractivity contribution in [2.24, 2.45) is 11.8 Å². The third-order valence-corrected chi connectivity index (χ3v) is 6.75. The van der Waals surface area contributed by atoms with E-state index in [1.165, 1.54) is 0 Å². The van der Waals surface area contributed by atoms with Crippen molar-refractivity contribution in [3.8, 4) is 0 Å². The molecular formula is C21H29BF3NO4. The average Bonchev–Trinajstić information content (AvgIpc) is 2.82. The van der Waals surface area contributed by atoms with E-state index in [0.29, 0.717) is 5.69 Å². The van der Waals surface area contributed by atoms with Crippen LogP contribution in [0.15, 0.2) is 18.2 Å². The molecule has 1 saturated heterocycles. The van der Waals surface area contributed by atoms with Gasteiger partial charge in [-0.3, -0.25) is 4.79 Å². The maximum Gasteiger partial charge on any atom is 0.495 e. The van der Waals surface area contributed by atoms with E-state index in [9.17, 15) is 23.1 Å². The van der Waals surface area contributed by atoms with Crippen LogP contribution in [0.4, 0.5) is 18.9 Å². The molecule has 5 nitrogen and oxygen atoms in total. The van der Waals surface area contributed by atoms with Gasteiger partial charge in [0.1, 0.15) is 0 Å². The highest BCUT2D eigenvalue weighted by atomic mass is 19.4. The molecule has 0 bridgehead atoms. The van der Waals surface area contributed by atoms with E-state index in [0.717, 1.165) is 11.0 Å². The molecule has 2 fully saturated rings. The molecule has 0 spiro atoms. The van der Waals surface area contributed by atoms with Gasteiger partial charge in [-0.15, -0.1) is 0 Å². The quantitative estimate of drug-likeness (QED) is 0.724. The number of hydrogen-bond donors (Lipinski definition) is 2. The first-order valence-corrected chi connectivity index (χ1v) is 10.2. The van der Waals surface area contributed by atoms with Crippen LogP contribution < -0.4 is 10.8 Å². The highest BCUT2D eigenvalue weighted by molar-refractivity contribution is 6.62. The van der Waals surface area contributed by atoms with E-state index < -0.39 is 42.4 Å². The van der Waals surface area contributed by atoms with E-state index in [-0.39, 0.29) is 25.2 Å². The lowest BCUT2D eigenvalue weighted by atomic mass is 9.75. The number of carbonyl (C=O) groups is 1. The largest absolute Gasteiger partial charge is 0.495 e. The third-order valence-electron chi connectivity index (χ3n) is 6.75. The monoisotopic (exact) mass is 427 g/mol. The average molecular weight is 427 g/mol. The van der Waals surface area contributed by atoms with Crippen LogP contribution in [-0.2, 0) is 14.1 Å². The number of benzene rings is 1. The molecule has 1 amide bonds. The summed E-state index contributed by atoms with van der Waals surface area (Å²) in [4.78, 5) is 12.7. The van der Waals surface area contributed by atoms with Crippen LogP contribution in [-0.4, -0.2) is 41.6 Å². The number of aliphatic hydroxyl groups is 1. The van der Waals surface area contributed by atoms with Crippen molar-refractivity contribution in [3.63, 3.8) is 0 Å². The van der Waals surface area contributed by atoms with Crippen molar-refractivity contribution < 1.29 is 32.4 Å². The molecule has 30 heavy (non-hydrogen) atoms. The summed E-state index contributed by atoms with van der Waals surface area (Å²) in [5, 5.41) is 12.7. The van der Waals surface area contributed by atoms with Crippen molar-refractivity contribution in [2.75, 3.05) is 5.32 Å². The highest BCUT2D eigenvalue weighted by Crippen LogP contribution is 2.40. The molecule has 1 saturated carbocycles. The fraction of sp³-hybridized carbons (Fsp3) is 0.667. The maximum absolute atomic E-state index is 12.9. The molecule has 2 N–H and O–H groups in total. The Labute approximate surface area is 175 Å². The van der Waals surface area contributed by atoms with Crippen molar-refractivity contribution in [3.05, 3.63) is 23.8 Å². The molecule has 1 heterocycles. The predicted octanol–water partition coefficient (Wildman–Crippen LogP) is 3.57. The van der Waals surface area contributed by atoms with Crippen LogP contribution in [0, 0.1) is 18.8 Å². The second-order valence-corrected chi connectivity index (χ2v) is 9.32. The summed E-state index contributed by atoms with van der Waals surface area (Å²) >= 11 is 0. The van der Waals surface area contributed by atoms with Gasteiger partial charge in [0, 0.05) is 11.6 Å². The molecule has 9 heteroatoms. The van der Waals surface area contributed by atoms with Gasteiger partial charge in [-0.1, -0.05) is 12.1 Å². The van der Waals surface area contributed by atoms with Crippen molar-refractivity contribution in [2.45, 2.75) is 77.4 Å². The molecule has 3 unspecified atom stereocenters. The molecule has 1 aliphatic carbocycles. The van der Waals surface area contributed by atoms with Crippen LogP contribution in [0.5, 0.6) is 0 Å². The summed E-state index contributed by atoms with van der Waals surface area (Å²) in [7, 11) is -0.587. The maximum atomic E-state index is 12.9. The Morgan fingerprint density at radius 3 is 2.30 bits per heavy atom. The van der Waals surface area contributed by atoms with Crippen LogP contribution >= 0.6 is 0 Å². The molecule has 0 aromatic heterocycles. The van der Waals surface area contributed by atoms with E-state index in [2.05, 4.69) is 5.32 Å². The Bertz CT molecular complexity index is 796. The van der Waals surface area contributed by atoms with Gasteiger partial charge in [0.15, 0.2) is 0 Å². The van der Waals surface area contributed by atoms with Crippen molar-refractivity contribution in [1.29, 1.82) is 0 Å². The summed E-state index contributed by atoms with van der Waals surface area (Å²) in [5.74, 6) is -2.82. The minimum atomic E-state index is -4.45. The molecule has 1 aliphatic heterocycles. The number of nitrogens with one attached hydrogen (secondary N) is 1. The summed E-state index contributed by atoms with van der Waals surface area (Å²) in [6, 6.07) is 5.38. The Morgan fingerprint density at radius 1 is 1.17 bits per heavy atom. The Kier molecular flexibility index (Phi) is 6.04. The molecule has 1 aromatic rings. The number of rotatable bonds is 3. The highest BCUT2D eigenvalue weighted by Gasteiger charge is 2.52. The molecule has 166 valence electrons. The van der Waals surface area contributed by atoms with Crippen LogP contribution in [0.25, 0.3) is 0 Å². The van der Waals surface area contributed by atoms with Gasteiger partial charge in [-0.25, -0.2) is 0 Å². The lowest BCUT2D eigenvalue weighted by Crippen LogP contribution is -2.42. The Hall–Kier alpha value is -1.58. The Balaban J connectivity index is 1.71. The number of aliphatic hydroxyl groups excluding tert-OH is 1. The summed E-state index contributed by atoms with van der Waals surface area (Å²) in [5.41, 5.74) is 1.11. The summed E-state index contributed by atoms with van der Waals surface area (Å²) in [6.07, 6.45) is -6.38. The third kappa shape index (κ3) is 4.38. The number of halogens is 3.